The van der Waals surface area contributed by atoms with E-state index in [-0.39, 0.29) is 51.4 Å². The van der Waals surface area contributed by atoms with Crippen LogP contribution in [0.5, 0.6) is 11.5 Å². The highest BCUT2D eigenvalue weighted by Gasteiger charge is 2.36. The SMILES string of the molecule is CCOc1cc(/C=C2\SC(=O)N(Cc3ccccc3[N+](=O)[O-])C2=O)cc(Br)c1OC(=O)c1ccccc1Cl. The first-order chi connectivity index (χ1) is 18.2. The molecule has 0 aromatic heterocycles. The third-order valence-electron chi connectivity index (χ3n) is 5.31. The Kier molecular flexibility index (Phi) is 8.50. The zero-order valence-corrected chi connectivity index (χ0v) is 22.8. The Morgan fingerprint density at radius 2 is 1.87 bits per heavy atom. The summed E-state index contributed by atoms with van der Waals surface area (Å²) in [6.07, 6.45) is 1.50. The standard InChI is InChI=1S/C26H18BrClN2O7S/c1-2-36-21-12-15(11-18(27)23(21)37-25(32)17-8-4-5-9-19(17)28)13-22-24(31)29(26(33)38-22)14-16-7-3-6-10-20(16)30(34)35/h3-13H,2,14H2,1H3/b22-13-. The van der Waals surface area contributed by atoms with Crippen LogP contribution in [0.25, 0.3) is 6.08 Å². The van der Waals surface area contributed by atoms with Gasteiger partial charge in [-0.15, -0.1) is 0 Å². The van der Waals surface area contributed by atoms with Crippen LogP contribution in [0.4, 0.5) is 10.5 Å². The number of ether oxygens (including phenoxy) is 2. The molecule has 4 rings (SSSR count). The van der Waals surface area contributed by atoms with Crippen LogP contribution in [-0.4, -0.2) is 33.5 Å². The Hall–Kier alpha value is -3.67. The van der Waals surface area contributed by atoms with Crippen LogP contribution in [-0.2, 0) is 11.3 Å². The van der Waals surface area contributed by atoms with E-state index in [1.807, 2.05) is 0 Å². The number of nitrogens with zero attached hydrogens (tertiary/aromatic N) is 2. The van der Waals surface area contributed by atoms with Crippen LogP contribution in [0.2, 0.25) is 5.02 Å². The maximum Gasteiger partial charge on any atom is 0.345 e. The Balaban J connectivity index is 1.61. The number of rotatable bonds is 8. The Morgan fingerprint density at radius 1 is 1.16 bits per heavy atom. The van der Waals surface area contributed by atoms with E-state index in [0.29, 0.717) is 10.0 Å². The van der Waals surface area contributed by atoms with E-state index < -0.39 is 22.0 Å². The number of carbonyl (C=O) groups is 3. The van der Waals surface area contributed by atoms with E-state index in [0.717, 1.165) is 16.7 Å². The number of hydrogen-bond acceptors (Lipinski definition) is 8. The smallest absolute Gasteiger partial charge is 0.345 e. The maximum absolute atomic E-state index is 13.0. The fraction of sp³-hybridized carbons (Fsp3) is 0.115. The number of thioether (sulfide) groups is 1. The first kappa shape index (κ1) is 27.4. The summed E-state index contributed by atoms with van der Waals surface area (Å²) in [5, 5.41) is 11.0. The molecule has 3 aromatic rings. The molecule has 0 atom stereocenters. The number of halogens is 2. The molecule has 194 valence electrons. The minimum absolute atomic E-state index is 0.124. The van der Waals surface area contributed by atoms with Crippen LogP contribution < -0.4 is 9.47 Å². The molecule has 0 spiro atoms. The molecule has 2 amide bonds. The lowest BCUT2D eigenvalue weighted by Gasteiger charge is -2.14. The highest BCUT2D eigenvalue weighted by atomic mass is 79.9. The number of amides is 2. The van der Waals surface area contributed by atoms with Crippen LogP contribution >= 0.6 is 39.3 Å². The van der Waals surface area contributed by atoms with Gasteiger partial charge in [0, 0.05) is 11.6 Å². The van der Waals surface area contributed by atoms with Crippen LogP contribution in [0.1, 0.15) is 28.4 Å². The van der Waals surface area contributed by atoms with E-state index >= 15 is 0 Å². The second-order valence-corrected chi connectivity index (χ2v) is 10.0. The first-order valence-electron chi connectivity index (χ1n) is 11.1. The van der Waals surface area contributed by atoms with Gasteiger partial charge in [-0.3, -0.25) is 24.6 Å². The number of esters is 1. The van der Waals surface area contributed by atoms with Crippen LogP contribution in [0.15, 0.2) is 70.0 Å². The lowest BCUT2D eigenvalue weighted by atomic mass is 10.1. The number of nitro benzene ring substituents is 1. The van der Waals surface area contributed by atoms with Crippen molar-refractivity contribution in [1.29, 1.82) is 0 Å². The molecule has 0 aliphatic carbocycles. The van der Waals surface area contributed by atoms with Crippen molar-refractivity contribution in [2.45, 2.75) is 13.5 Å². The number of carbonyl (C=O) groups excluding carboxylic acids is 3. The summed E-state index contributed by atoms with van der Waals surface area (Å²) in [6.45, 7) is 1.79. The third-order valence-corrected chi connectivity index (χ3v) is 7.13. The third kappa shape index (κ3) is 5.90. The predicted molar refractivity (Wildman–Crippen MR) is 146 cm³/mol. The molecule has 0 saturated carbocycles. The predicted octanol–water partition coefficient (Wildman–Crippen LogP) is 6.87. The molecular weight excluding hydrogens is 600 g/mol. The highest BCUT2D eigenvalue weighted by Crippen LogP contribution is 2.40. The molecule has 1 heterocycles. The van der Waals surface area contributed by atoms with Gasteiger partial charge in [0.25, 0.3) is 16.8 Å². The quantitative estimate of drug-likeness (QED) is 0.0885. The van der Waals surface area contributed by atoms with Crippen molar-refractivity contribution >= 4 is 68.2 Å². The average Bonchev–Trinajstić information content (AvgIpc) is 3.14. The van der Waals surface area contributed by atoms with Crippen molar-refractivity contribution in [3.8, 4) is 11.5 Å². The molecule has 0 N–H and O–H groups in total. The molecule has 0 unspecified atom stereocenters. The second-order valence-electron chi connectivity index (χ2n) is 7.79. The van der Waals surface area contributed by atoms with E-state index in [1.165, 1.54) is 30.3 Å². The van der Waals surface area contributed by atoms with Crippen molar-refractivity contribution in [2.24, 2.45) is 0 Å². The van der Waals surface area contributed by atoms with Gasteiger partial charge in [0.1, 0.15) is 0 Å². The molecule has 1 aliphatic rings. The van der Waals surface area contributed by atoms with Crippen molar-refractivity contribution < 1.29 is 28.8 Å². The fourth-order valence-corrected chi connectivity index (χ4v) is 5.18. The zero-order chi connectivity index (χ0) is 27.4. The number of nitro groups is 1. The fourth-order valence-electron chi connectivity index (χ4n) is 3.59. The molecule has 38 heavy (non-hydrogen) atoms. The monoisotopic (exact) mass is 616 g/mol. The van der Waals surface area contributed by atoms with Gasteiger partial charge in [-0.05, 0) is 70.5 Å². The topological polar surface area (TPSA) is 116 Å². The zero-order valence-electron chi connectivity index (χ0n) is 19.7. The second kappa shape index (κ2) is 11.8. The summed E-state index contributed by atoms with van der Waals surface area (Å²) in [7, 11) is 0. The van der Waals surface area contributed by atoms with Gasteiger partial charge in [-0.1, -0.05) is 41.9 Å². The van der Waals surface area contributed by atoms with Gasteiger partial charge in [0.15, 0.2) is 11.5 Å². The van der Waals surface area contributed by atoms with Crippen molar-refractivity contribution in [1.82, 2.24) is 4.90 Å². The van der Waals surface area contributed by atoms with Gasteiger partial charge < -0.3 is 9.47 Å². The van der Waals surface area contributed by atoms with Gasteiger partial charge in [-0.2, -0.15) is 0 Å². The van der Waals surface area contributed by atoms with Crippen molar-refractivity contribution in [3.63, 3.8) is 0 Å². The summed E-state index contributed by atoms with van der Waals surface area (Å²) in [5.41, 5.74) is 0.740. The molecule has 12 heteroatoms. The summed E-state index contributed by atoms with van der Waals surface area (Å²) >= 11 is 10.2. The molecule has 1 aliphatic heterocycles. The van der Waals surface area contributed by atoms with Crippen molar-refractivity contribution in [2.75, 3.05) is 6.61 Å². The molecule has 0 radical (unpaired) electrons. The minimum atomic E-state index is -0.680. The Morgan fingerprint density at radius 3 is 2.58 bits per heavy atom. The van der Waals surface area contributed by atoms with Gasteiger partial charge >= 0.3 is 5.97 Å². The molecule has 9 nitrogen and oxygen atoms in total. The molecular formula is C26H18BrClN2O7S. The normalized spacial score (nSPS) is 14.2. The summed E-state index contributed by atoms with van der Waals surface area (Å²) in [6, 6.07) is 15.6. The van der Waals surface area contributed by atoms with Crippen LogP contribution in [0.3, 0.4) is 0 Å². The first-order valence-corrected chi connectivity index (χ1v) is 13.1. The van der Waals surface area contributed by atoms with Crippen LogP contribution in [0, 0.1) is 10.1 Å². The van der Waals surface area contributed by atoms with E-state index in [2.05, 4.69) is 15.9 Å². The summed E-state index contributed by atoms with van der Waals surface area (Å²) in [4.78, 5) is 50.2. The minimum Gasteiger partial charge on any atom is -0.490 e. The molecule has 1 saturated heterocycles. The van der Waals surface area contributed by atoms with Gasteiger partial charge in [-0.25, -0.2) is 4.79 Å². The number of benzene rings is 3. The largest absolute Gasteiger partial charge is 0.490 e. The van der Waals surface area contributed by atoms with Crippen molar-refractivity contribution in [3.05, 3.63) is 102 Å². The average molecular weight is 618 g/mol. The summed E-state index contributed by atoms with van der Waals surface area (Å²) < 4.78 is 11.6. The van der Waals surface area contributed by atoms with E-state index in [1.54, 1.807) is 43.3 Å². The van der Waals surface area contributed by atoms with E-state index in [9.17, 15) is 24.5 Å². The molecule has 0 bridgehead atoms. The van der Waals surface area contributed by atoms with E-state index in [4.69, 9.17) is 21.1 Å². The summed E-state index contributed by atoms with van der Waals surface area (Å²) in [5.74, 6) is -0.909. The number of imide groups is 1. The molecule has 3 aromatic carbocycles. The van der Waals surface area contributed by atoms with Gasteiger partial charge in [0.2, 0.25) is 0 Å². The molecule has 1 fully saturated rings. The Labute approximate surface area is 234 Å². The van der Waals surface area contributed by atoms with Gasteiger partial charge in [0.05, 0.1) is 38.0 Å². The number of para-hydroxylation sites is 1. The lowest BCUT2D eigenvalue weighted by molar-refractivity contribution is -0.385. The maximum atomic E-state index is 13.0. The Bertz CT molecular complexity index is 1490. The highest BCUT2D eigenvalue weighted by molar-refractivity contribution is 9.10. The lowest BCUT2D eigenvalue weighted by Crippen LogP contribution is -2.27. The number of hydrogen-bond donors (Lipinski definition) is 0.